The van der Waals surface area contributed by atoms with Crippen molar-refractivity contribution in [2.24, 2.45) is 10.9 Å². The number of aliphatic imine (C=N–C) groups is 1. The quantitative estimate of drug-likeness (QED) is 0.611. The zero-order valence-electron chi connectivity index (χ0n) is 15.5. The first kappa shape index (κ1) is 18.5. The number of nitrogens with zero attached hydrogens (tertiary/aromatic N) is 4. The van der Waals surface area contributed by atoms with E-state index in [1.165, 1.54) is 5.56 Å². The van der Waals surface area contributed by atoms with E-state index in [0.29, 0.717) is 12.5 Å². The maximum Gasteiger partial charge on any atom is 0.191 e. The smallest absolute Gasteiger partial charge is 0.191 e. The van der Waals surface area contributed by atoms with Crippen LogP contribution in [0.25, 0.3) is 0 Å². The van der Waals surface area contributed by atoms with E-state index in [1.54, 1.807) is 0 Å². The third-order valence-corrected chi connectivity index (χ3v) is 4.08. The summed E-state index contributed by atoms with van der Waals surface area (Å²) in [5.41, 5.74) is 1.20. The molecule has 1 aliphatic heterocycles. The normalized spacial score (nSPS) is 16.5. The van der Waals surface area contributed by atoms with Crippen molar-refractivity contribution in [2.45, 2.75) is 27.3 Å². The number of guanidine groups is 1. The van der Waals surface area contributed by atoms with Crippen molar-refractivity contribution in [3.8, 4) is 0 Å². The average Bonchev–Trinajstić information content (AvgIpc) is 2.58. The predicted molar refractivity (Wildman–Crippen MR) is 102 cm³/mol. The first-order valence-electron chi connectivity index (χ1n) is 8.99. The summed E-state index contributed by atoms with van der Waals surface area (Å²) in [6.07, 6.45) is 1.90. The number of nitrogens with one attached hydrogen (secondary N) is 2. The van der Waals surface area contributed by atoms with Crippen LogP contribution in [0.4, 0.5) is 5.82 Å². The molecule has 0 amide bonds. The van der Waals surface area contributed by atoms with Gasteiger partial charge < -0.3 is 20.4 Å². The minimum atomic E-state index is 0.596. The van der Waals surface area contributed by atoms with Crippen molar-refractivity contribution < 1.29 is 0 Å². The van der Waals surface area contributed by atoms with Crippen LogP contribution in [0.2, 0.25) is 0 Å². The molecular weight excluding hydrogens is 300 g/mol. The van der Waals surface area contributed by atoms with Crippen LogP contribution in [-0.4, -0.2) is 62.2 Å². The van der Waals surface area contributed by atoms with Gasteiger partial charge in [-0.05, 0) is 37.6 Å². The lowest BCUT2D eigenvalue weighted by atomic mass is 10.2. The molecule has 1 aliphatic rings. The second-order valence-corrected chi connectivity index (χ2v) is 6.78. The van der Waals surface area contributed by atoms with Gasteiger partial charge in [0.1, 0.15) is 5.82 Å². The molecule has 0 bridgehead atoms. The van der Waals surface area contributed by atoms with Crippen molar-refractivity contribution in [1.82, 2.24) is 20.5 Å². The van der Waals surface area contributed by atoms with Crippen molar-refractivity contribution in [1.29, 1.82) is 0 Å². The summed E-state index contributed by atoms with van der Waals surface area (Å²) in [5, 5.41) is 6.68. The molecule has 0 atom stereocenters. The molecule has 0 spiro atoms. The molecule has 0 unspecified atom stereocenters. The van der Waals surface area contributed by atoms with Crippen LogP contribution in [0.15, 0.2) is 23.3 Å². The number of hydrogen-bond acceptors (Lipinski definition) is 4. The van der Waals surface area contributed by atoms with Crippen LogP contribution in [0.3, 0.4) is 0 Å². The third kappa shape index (κ3) is 6.00. The molecule has 0 saturated carbocycles. The second kappa shape index (κ2) is 9.47. The second-order valence-electron chi connectivity index (χ2n) is 6.78. The van der Waals surface area contributed by atoms with Crippen molar-refractivity contribution in [3.05, 3.63) is 23.9 Å². The molecule has 0 aromatic carbocycles. The molecule has 2 heterocycles. The van der Waals surface area contributed by atoms with Gasteiger partial charge in [0.05, 0.1) is 6.54 Å². The summed E-state index contributed by atoms with van der Waals surface area (Å²) in [4.78, 5) is 13.9. The zero-order valence-corrected chi connectivity index (χ0v) is 15.5. The molecule has 134 valence electrons. The monoisotopic (exact) mass is 332 g/mol. The third-order valence-electron chi connectivity index (χ3n) is 4.08. The summed E-state index contributed by atoms with van der Waals surface area (Å²) in [6.45, 7) is 13.2. The lowest BCUT2D eigenvalue weighted by molar-refractivity contribution is 0.312. The van der Waals surface area contributed by atoms with E-state index in [9.17, 15) is 0 Å². The zero-order chi connectivity index (χ0) is 17.4. The van der Waals surface area contributed by atoms with Gasteiger partial charge in [-0.25, -0.2) is 9.98 Å². The van der Waals surface area contributed by atoms with E-state index in [0.717, 1.165) is 51.0 Å². The highest BCUT2D eigenvalue weighted by molar-refractivity contribution is 5.79. The van der Waals surface area contributed by atoms with E-state index in [-0.39, 0.29) is 0 Å². The van der Waals surface area contributed by atoms with Gasteiger partial charge in [-0.2, -0.15) is 0 Å². The molecule has 1 fully saturated rings. The number of piperazine rings is 1. The maximum absolute atomic E-state index is 4.69. The van der Waals surface area contributed by atoms with Gasteiger partial charge >= 0.3 is 0 Å². The number of rotatable bonds is 6. The Kier molecular flexibility index (Phi) is 7.31. The Hall–Kier alpha value is -1.82. The lowest BCUT2D eigenvalue weighted by Crippen LogP contribution is -2.44. The minimum absolute atomic E-state index is 0.596. The molecule has 1 aromatic heterocycles. The van der Waals surface area contributed by atoms with Crippen LogP contribution in [-0.2, 0) is 6.54 Å². The van der Waals surface area contributed by atoms with Crippen molar-refractivity contribution in [3.63, 3.8) is 0 Å². The van der Waals surface area contributed by atoms with E-state index < -0.39 is 0 Å². The fourth-order valence-corrected chi connectivity index (χ4v) is 2.58. The van der Waals surface area contributed by atoms with E-state index >= 15 is 0 Å². The highest BCUT2D eigenvalue weighted by Gasteiger charge is 2.15. The maximum atomic E-state index is 4.69. The number of hydrogen-bond donors (Lipinski definition) is 2. The Morgan fingerprint density at radius 2 is 2.00 bits per heavy atom. The van der Waals surface area contributed by atoms with Gasteiger partial charge in [0.2, 0.25) is 0 Å². The lowest BCUT2D eigenvalue weighted by Gasteiger charge is -2.33. The fraction of sp³-hybridized carbons (Fsp3) is 0.667. The summed E-state index contributed by atoms with van der Waals surface area (Å²) in [5.74, 6) is 2.54. The highest BCUT2D eigenvalue weighted by atomic mass is 15.3. The van der Waals surface area contributed by atoms with Crippen LogP contribution in [0, 0.1) is 5.92 Å². The highest BCUT2D eigenvalue weighted by Crippen LogP contribution is 2.15. The molecule has 6 heteroatoms. The predicted octanol–water partition coefficient (Wildman–Crippen LogP) is 1.54. The summed E-state index contributed by atoms with van der Waals surface area (Å²) >= 11 is 0. The molecule has 1 aromatic rings. The number of likely N-dealkylation sites (N-methyl/N-ethyl adjacent to an activating group) is 1. The fourth-order valence-electron chi connectivity index (χ4n) is 2.58. The molecule has 1 saturated heterocycles. The Bertz CT molecular complexity index is 520. The van der Waals surface area contributed by atoms with Gasteiger partial charge in [0, 0.05) is 45.5 Å². The topological polar surface area (TPSA) is 55.8 Å². The van der Waals surface area contributed by atoms with Crippen LogP contribution in [0.5, 0.6) is 0 Å². The molecule has 0 radical (unpaired) electrons. The van der Waals surface area contributed by atoms with Crippen LogP contribution in [0.1, 0.15) is 26.3 Å². The number of anilines is 1. The first-order chi connectivity index (χ1) is 11.6. The molecule has 24 heavy (non-hydrogen) atoms. The minimum Gasteiger partial charge on any atom is -0.357 e. The molecule has 6 nitrogen and oxygen atoms in total. The Morgan fingerprint density at radius 1 is 1.25 bits per heavy atom. The van der Waals surface area contributed by atoms with Gasteiger partial charge in [-0.3, -0.25) is 0 Å². The Balaban J connectivity index is 1.98. The molecular formula is C18H32N6. The standard InChI is InChI=1S/C18H32N6/c1-5-19-18(21-13-15(2)3)22-14-16-6-7-20-17(12-16)24-10-8-23(4)9-11-24/h6-7,12,15H,5,8-11,13-14H2,1-4H3,(H2,19,21,22). The average molecular weight is 332 g/mol. The van der Waals surface area contributed by atoms with E-state index in [1.807, 2.05) is 6.20 Å². The van der Waals surface area contributed by atoms with Crippen LogP contribution < -0.4 is 15.5 Å². The Labute approximate surface area is 146 Å². The summed E-state index contributed by atoms with van der Waals surface area (Å²) < 4.78 is 0. The van der Waals surface area contributed by atoms with E-state index in [2.05, 4.69) is 65.4 Å². The van der Waals surface area contributed by atoms with Gasteiger partial charge in [-0.1, -0.05) is 13.8 Å². The van der Waals surface area contributed by atoms with Crippen molar-refractivity contribution in [2.75, 3.05) is 51.2 Å². The molecule has 2 rings (SSSR count). The first-order valence-corrected chi connectivity index (χ1v) is 8.99. The summed E-state index contributed by atoms with van der Waals surface area (Å²) in [6, 6.07) is 4.22. The van der Waals surface area contributed by atoms with E-state index in [4.69, 9.17) is 4.99 Å². The number of pyridine rings is 1. The van der Waals surface area contributed by atoms with Gasteiger partial charge in [0.15, 0.2) is 5.96 Å². The van der Waals surface area contributed by atoms with Gasteiger partial charge in [0.25, 0.3) is 0 Å². The largest absolute Gasteiger partial charge is 0.357 e. The van der Waals surface area contributed by atoms with Crippen LogP contribution >= 0.6 is 0 Å². The van der Waals surface area contributed by atoms with Crippen molar-refractivity contribution >= 4 is 11.8 Å². The number of aromatic nitrogens is 1. The summed E-state index contributed by atoms with van der Waals surface area (Å²) in [7, 11) is 2.17. The van der Waals surface area contributed by atoms with Gasteiger partial charge in [-0.15, -0.1) is 0 Å². The Morgan fingerprint density at radius 3 is 2.67 bits per heavy atom. The molecule has 0 aliphatic carbocycles. The molecule has 2 N–H and O–H groups in total. The SMILES string of the molecule is CCNC(=NCc1ccnc(N2CCN(C)CC2)c1)NCC(C)C.